The van der Waals surface area contributed by atoms with E-state index in [9.17, 15) is 13.2 Å². The topological polar surface area (TPSA) is 57.7 Å². The van der Waals surface area contributed by atoms with Crippen molar-refractivity contribution in [1.29, 1.82) is 0 Å². The number of nitrogens with zero attached hydrogens (tertiary/aromatic N) is 2. The van der Waals surface area contributed by atoms with E-state index in [4.69, 9.17) is 0 Å². The van der Waals surface area contributed by atoms with Gasteiger partial charge in [0.25, 0.3) is 0 Å². The molecule has 0 radical (unpaired) electrons. The minimum Gasteiger partial charge on any atom is -0.309 e. The first-order valence-electron chi connectivity index (χ1n) is 6.26. The number of carbonyl (C=O) groups excluding carboxylic acids is 1. The molecule has 0 aromatic heterocycles. The molecule has 7 heteroatoms. The fourth-order valence-corrected chi connectivity index (χ4v) is 3.48. The second kappa shape index (κ2) is 5.75. The molecule has 1 atom stereocenters. The summed E-state index contributed by atoms with van der Waals surface area (Å²) in [6.07, 6.45) is 1.10. The normalized spacial score (nSPS) is 19.0. The van der Waals surface area contributed by atoms with Crippen LogP contribution in [0.5, 0.6) is 0 Å². The molecule has 1 aliphatic rings. The molecule has 20 heavy (non-hydrogen) atoms. The van der Waals surface area contributed by atoms with Crippen LogP contribution < -0.4 is 4.90 Å². The van der Waals surface area contributed by atoms with E-state index in [1.165, 1.54) is 7.05 Å². The van der Waals surface area contributed by atoms with E-state index in [0.29, 0.717) is 6.54 Å². The number of anilines is 1. The highest BCUT2D eigenvalue weighted by atomic mass is 32.2. The molecule has 1 amide bonds. The lowest BCUT2D eigenvalue weighted by Gasteiger charge is -2.33. The molecular weight excluding hydrogens is 296 g/mol. The van der Waals surface area contributed by atoms with Gasteiger partial charge in [0.2, 0.25) is 15.9 Å². The fraction of sp³-hybridized carbons (Fsp3) is 0.462. The zero-order valence-corrected chi connectivity index (χ0v) is 13.4. The number of benzene rings is 1. The molecule has 1 unspecified atom stereocenters. The first kappa shape index (κ1) is 15.3. The average Bonchev–Trinajstić information content (AvgIpc) is 2.36. The second-order valence-corrected chi connectivity index (χ2v) is 8.49. The van der Waals surface area contributed by atoms with Crippen LogP contribution >= 0.6 is 11.8 Å². The van der Waals surface area contributed by atoms with Gasteiger partial charge in [-0.15, -0.1) is 11.8 Å². The maximum atomic E-state index is 12.4. The molecule has 0 aliphatic carbocycles. The lowest BCUT2D eigenvalue weighted by Crippen LogP contribution is -2.44. The summed E-state index contributed by atoms with van der Waals surface area (Å²) >= 11 is 1.73. The third-order valence-electron chi connectivity index (χ3n) is 3.15. The van der Waals surface area contributed by atoms with Crippen molar-refractivity contribution < 1.29 is 13.2 Å². The van der Waals surface area contributed by atoms with E-state index in [2.05, 4.69) is 6.92 Å². The van der Waals surface area contributed by atoms with Crippen molar-refractivity contribution in [1.82, 2.24) is 4.31 Å². The predicted octanol–water partition coefficient (Wildman–Crippen LogP) is 1.41. The van der Waals surface area contributed by atoms with Crippen LogP contribution in [0.1, 0.15) is 6.92 Å². The monoisotopic (exact) mass is 314 g/mol. The molecule has 0 saturated carbocycles. The molecule has 2 rings (SSSR count). The third kappa shape index (κ3) is 3.34. The van der Waals surface area contributed by atoms with Crippen LogP contribution in [-0.4, -0.2) is 50.3 Å². The summed E-state index contributed by atoms with van der Waals surface area (Å²) in [5.41, 5.74) is 0.863. The second-order valence-electron chi connectivity index (χ2n) is 4.92. The number of rotatable bonds is 3. The van der Waals surface area contributed by atoms with Crippen molar-refractivity contribution in [2.75, 3.05) is 31.3 Å². The summed E-state index contributed by atoms with van der Waals surface area (Å²) in [7, 11) is -1.93. The minimum absolute atomic E-state index is 0.134. The van der Waals surface area contributed by atoms with E-state index in [0.717, 1.165) is 21.1 Å². The average molecular weight is 314 g/mol. The van der Waals surface area contributed by atoms with Gasteiger partial charge in [-0.1, -0.05) is 19.1 Å². The van der Waals surface area contributed by atoms with E-state index in [-0.39, 0.29) is 17.7 Å². The smallest absolute Gasteiger partial charge is 0.242 e. The molecule has 0 fully saturated rings. The SMILES string of the molecule is CC1CN(C(=O)CN(C)S(C)(=O)=O)c2ccccc2S1. The van der Waals surface area contributed by atoms with Gasteiger partial charge in [-0.3, -0.25) is 4.79 Å². The van der Waals surface area contributed by atoms with Gasteiger partial charge in [0.05, 0.1) is 18.5 Å². The Kier molecular flexibility index (Phi) is 4.41. The van der Waals surface area contributed by atoms with Gasteiger partial charge >= 0.3 is 0 Å². The summed E-state index contributed by atoms with van der Waals surface area (Å²) in [6, 6.07) is 7.70. The Hall–Kier alpha value is -1.05. The molecule has 0 bridgehead atoms. The number of sulfonamides is 1. The lowest BCUT2D eigenvalue weighted by molar-refractivity contribution is -0.118. The number of likely N-dealkylation sites (N-methyl/N-ethyl adjacent to an activating group) is 1. The highest BCUT2D eigenvalue weighted by molar-refractivity contribution is 8.00. The van der Waals surface area contributed by atoms with Crippen LogP contribution in [0.2, 0.25) is 0 Å². The number of hydrogen-bond donors (Lipinski definition) is 0. The third-order valence-corrected chi connectivity index (χ3v) is 5.56. The van der Waals surface area contributed by atoms with Gasteiger partial charge in [-0.2, -0.15) is 4.31 Å². The highest BCUT2D eigenvalue weighted by Crippen LogP contribution is 2.38. The van der Waals surface area contributed by atoms with Crippen molar-refractivity contribution in [2.45, 2.75) is 17.1 Å². The summed E-state index contributed by atoms with van der Waals surface area (Å²) in [5.74, 6) is -0.197. The first-order chi connectivity index (χ1) is 9.29. The standard InChI is InChI=1S/C13H18N2O3S2/c1-10-8-15(11-6-4-5-7-12(11)19-10)13(16)9-14(2)20(3,17)18/h4-7,10H,8-9H2,1-3H3. The Labute approximate surface area is 124 Å². The van der Waals surface area contributed by atoms with E-state index >= 15 is 0 Å². The van der Waals surface area contributed by atoms with Gasteiger partial charge in [0, 0.05) is 23.7 Å². The van der Waals surface area contributed by atoms with Gasteiger partial charge in [-0.25, -0.2) is 8.42 Å². The molecule has 0 saturated heterocycles. The van der Waals surface area contributed by atoms with Gasteiger partial charge in [0.1, 0.15) is 0 Å². The van der Waals surface area contributed by atoms with Crippen molar-refractivity contribution in [3.8, 4) is 0 Å². The Morgan fingerprint density at radius 2 is 2.10 bits per heavy atom. The van der Waals surface area contributed by atoms with E-state index in [1.807, 2.05) is 24.3 Å². The number of thioether (sulfide) groups is 1. The van der Waals surface area contributed by atoms with Crippen molar-refractivity contribution in [3.63, 3.8) is 0 Å². The van der Waals surface area contributed by atoms with Gasteiger partial charge < -0.3 is 4.90 Å². The van der Waals surface area contributed by atoms with Crippen LogP contribution in [0.4, 0.5) is 5.69 Å². The zero-order chi connectivity index (χ0) is 14.9. The van der Waals surface area contributed by atoms with E-state index < -0.39 is 10.0 Å². The molecule has 0 spiro atoms. The van der Waals surface area contributed by atoms with Crippen molar-refractivity contribution in [3.05, 3.63) is 24.3 Å². The van der Waals surface area contributed by atoms with Crippen LogP contribution in [-0.2, 0) is 14.8 Å². The molecule has 1 heterocycles. The minimum atomic E-state index is -3.35. The number of carbonyl (C=O) groups is 1. The lowest BCUT2D eigenvalue weighted by atomic mass is 10.2. The summed E-state index contributed by atoms with van der Waals surface area (Å²) in [5, 5.41) is 0.289. The number of amides is 1. The Morgan fingerprint density at radius 1 is 1.45 bits per heavy atom. The number of fused-ring (bicyclic) bond motifs is 1. The Morgan fingerprint density at radius 3 is 2.75 bits per heavy atom. The van der Waals surface area contributed by atoms with Crippen LogP contribution in [0.15, 0.2) is 29.2 Å². The Balaban J connectivity index is 2.23. The van der Waals surface area contributed by atoms with Gasteiger partial charge in [0.15, 0.2) is 0 Å². The van der Waals surface area contributed by atoms with E-state index in [1.54, 1.807) is 16.7 Å². The predicted molar refractivity (Wildman–Crippen MR) is 81.6 cm³/mol. The Bertz CT molecular complexity index is 616. The molecule has 1 aromatic rings. The molecule has 5 nitrogen and oxygen atoms in total. The zero-order valence-electron chi connectivity index (χ0n) is 11.7. The largest absolute Gasteiger partial charge is 0.309 e. The molecular formula is C13H18N2O3S2. The summed E-state index contributed by atoms with van der Waals surface area (Å²) in [4.78, 5) is 15.1. The summed E-state index contributed by atoms with van der Waals surface area (Å²) in [6.45, 7) is 2.52. The molecule has 1 aromatic carbocycles. The molecule has 110 valence electrons. The quantitative estimate of drug-likeness (QED) is 0.846. The molecule has 0 N–H and O–H groups in total. The maximum absolute atomic E-state index is 12.4. The number of para-hydroxylation sites is 1. The van der Waals surface area contributed by atoms with Crippen molar-refractivity contribution in [2.24, 2.45) is 0 Å². The van der Waals surface area contributed by atoms with Gasteiger partial charge in [-0.05, 0) is 12.1 Å². The van der Waals surface area contributed by atoms with Crippen LogP contribution in [0.25, 0.3) is 0 Å². The fourth-order valence-electron chi connectivity index (χ4n) is 2.02. The number of hydrogen-bond acceptors (Lipinski definition) is 4. The first-order valence-corrected chi connectivity index (χ1v) is 8.99. The van der Waals surface area contributed by atoms with Crippen molar-refractivity contribution >= 4 is 33.4 Å². The molecule has 1 aliphatic heterocycles. The maximum Gasteiger partial charge on any atom is 0.242 e. The highest BCUT2D eigenvalue weighted by Gasteiger charge is 2.28. The van der Waals surface area contributed by atoms with Crippen LogP contribution in [0.3, 0.4) is 0 Å². The summed E-state index contributed by atoms with van der Waals surface area (Å²) < 4.78 is 23.9. The van der Waals surface area contributed by atoms with Crippen LogP contribution in [0, 0.1) is 0 Å².